The maximum Gasteiger partial charge on any atom is 0.222 e. The van der Waals surface area contributed by atoms with E-state index in [1.54, 1.807) is 0 Å². The topological polar surface area (TPSA) is 38.8 Å². The van der Waals surface area contributed by atoms with Gasteiger partial charge < -0.3 is 14.4 Å². The summed E-state index contributed by atoms with van der Waals surface area (Å²) in [6, 6.07) is 17.2. The Bertz CT molecular complexity index is 904. The van der Waals surface area contributed by atoms with E-state index in [0.717, 1.165) is 43.7 Å². The smallest absolute Gasteiger partial charge is 0.222 e. The van der Waals surface area contributed by atoms with E-state index in [1.165, 1.54) is 11.1 Å². The van der Waals surface area contributed by atoms with Gasteiger partial charge >= 0.3 is 0 Å². The second-order valence-electron chi connectivity index (χ2n) is 10.5. The number of rotatable bonds is 10. The van der Waals surface area contributed by atoms with Gasteiger partial charge in [-0.15, -0.1) is 0 Å². The summed E-state index contributed by atoms with van der Waals surface area (Å²) in [6.07, 6.45) is 3.86. The third-order valence-electron chi connectivity index (χ3n) is 7.10. The number of nitrogens with zero attached hydrogens (tertiary/aromatic N) is 1. The van der Waals surface area contributed by atoms with Crippen molar-refractivity contribution < 1.29 is 14.3 Å². The van der Waals surface area contributed by atoms with Gasteiger partial charge in [0.05, 0.1) is 12.2 Å². The molecule has 1 aliphatic heterocycles. The number of hydrogen-bond donors (Lipinski definition) is 0. The van der Waals surface area contributed by atoms with Crippen LogP contribution in [0.2, 0.25) is 0 Å². The molecule has 1 fully saturated rings. The first kappa shape index (κ1) is 26.3. The summed E-state index contributed by atoms with van der Waals surface area (Å²) in [7, 11) is 0. The maximum absolute atomic E-state index is 12.9. The van der Waals surface area contributed by atoms with Gasteiger partial charge in [-0.1, -0.05) is 62.7 Å². The second kappa shape index (κ2) is 11.9. The van der Waals surface area contributed by atoms with Crippen LogP contribution in [0.25, 0.3) is 0 Å². The summed E-state index contributed by atoms with van der Waals surface area (Å²) >= 11 is 0. The van der Waals surface area contributed by atoms with Crippen molar-refractivity contribution in [2.45, 2.75) is 91.4 Å². The van der Waals surface area contributed by atoms with Crippen LogP contribution in [-0.4, -0.2) is 36.2 Å². The van der Waals surface area contributed by atoms with E-state index in [0.29, 0.717) is 18.9 Å². The van der Waals surface area contributed by atoms with Crippen LogP contribution in [0, 0.1) is 12.8 Å². The minimum atomic E-state index is 0.0299. The van der Waals surface area contributed by atoms with Crippen LogP contribution in [0.1, 0.15) is 77.0 Å². The third kappa shape index (κ3) is 6.85. The largest absolute Gasteiger partial charge is 0.491 e. The first-order valence-corrected chi connectivity index (χ1v) is 12.9. The molecule has 1 heterocycles. The monoisotopic (exact) mass is 465 g/mol. The SMILES string of the molecule is CCC(=O)N(CC[C@]1(c2ccc(C)cc2)CCO[C@@H](C(C)C)C1)Cc1ccc(OC(C)C)cc1. The van der Waals surface area contributed by atoms with Crippen molar-refractivity contribution in [1.82, 2.24) is 4.90 Å². The fourth-order valence-electron chi connectivity index (χ4n) is 4.95. The van der Waals surface area contributed by atoms with Crippen molar-refractivity contribution in [3.8, 4) is 5.75 Å². The lowest BCUT2D eigenvalue weighted by Gasteiger charge is -2.44. The van der Waals surface area contributed by atoms with Crippen LogP contribution in [0.4, 0.5) is 0 Å². The van der Waals surface area contributed by atoms with Crippen molar-refractivity contribution in [3.63, 3.8) is 0 Å². The molecule has 2 atom stereocenters. The van der Waals surface area contributed by atoms with E-state index in [4.69, 9.17) is 9.47 Å². The summed E-state index contributed by atoms with van der Waals surface area (Å²) in [6.45, 7) is 14.8. The Morgan fingerprint density at radius 1 is 1.09 bits per heavy atom. The molecule has 1 amide bonds. The quantitative estimate of drug-likeness (QED) is 0.393. The lowest BCUT2D eigenvalue weighted by atomic mass is 9.68. The molecule has 0 bridgehead atoms. The van der Waals surface area contributed by atoms with Gasteiger partial charge in [-0.05, 0) is 69.2 Å². The van der Waals surface area contributed by atoms with Crippen LogP contribution in [-0.2, 0) is 21.5 Å². The van der Waals surface area contributed by atoms with Gasteiger partial charge in [-0.25, -0.2) is 0 Å². The van der Waals surface area contributed by atoms with E-state index < -0.39 is 0 Å². The summed E-state index contributed by atoms with van der Waals surface area (Å²) in [5.74, 6) is 1.55. The summed E-state index contributed by atoms with van der Waals surface area (Å²) in [5.41, 5.74) is 3.82. The normalized spacial score (nSPS) is 20.5. The number of carbonyl (C=O) groups is 1. The Balaban J connectivity index is 1.79. The van der Waals surface area contributed by atoms with Gasteiger partial charge in [0.25, 0.3) is 0 Å². The van der Waals surface area contributed by atoms with Crippen LogP contribution in [0.3, 0.4) is 0 Å². The molecule has 4 nitrogen and oxygen atoms in total. The highest BCUT2D eigenvalue weighted by molar-refractivity contribution is 5.75. The number of carbonyl (C=O) groups excluding carboxylic acids is 1. The van der Waals surface area contributed by atoms with E-state index in [9.17, 15) is 4.79 Å². The maximum atomic E-state index is 12.9. The minimum absolute atomic E-state index is 0.0299. The number of ether oxygens (including phenoxy) is 2. The zero-order chi connectivity index (χ0) is 24.7. The molecule has 2 aromatic carbocycles. The van der Waals surface area contributed by atoms with Crippen LogP contribution < -0.4 is 4.74 Å². The van der Waals surface area contributed by atoms with Crippen LogP contribution >= 0.6 is 0 Å². The lowest BCUT2D eigenvalue weighted by molar-refractivity contribution is -0.132. The minimum Gasteiger partial charge on any atom is -0.491 e. The first-order chi connectivity index (χ1) is 16.2. The number of hydrogen-bond acceptors (Lipinski definition) is 3. The Kier molecular flexibility index (Phi) is 9.18. The Labute approximate surface area is 206 Å². The molecule has 186 valence electrons. The highest BCUT2D eigenvalue weighted by atomic mass is 16.5. The molecule has 0 saturated carbocycles. The van der Waals surface area contributed by atoms with Crippen molar-refractivity contribution in [2.75, 3.05) is 13.2 Å². The molecular weight excluding hydrogens is 422 g/mol. The third-order valence-corrected chi connectivity index (χ3v) is 7.10. The van der Waals surface area contributed by atoms with Crippen LogP contribution in [0.15, 0.2) is 48.5 Å². The second-order valence-corrected chi connectivity index (χ2v) is 10.5. The summed E-state index contributed by atoms with van der Waals surface area (Å²) in [4.78, 5) is 15.0. The predicted octanol–water partition coefficient (Wildman–Crippen LogP) is 6.68. The molecule has 2 aromatic rings. The fourth-order valence-corrected chi connectivity index (χ4v) is 4.95. The molecular formula is C30H43NO3. The Hall–Kier alpha value is -2.33. The molecule has 1 saturated heterocycles. The molecule has 0 spiro atoms. The number of amides is 1. The molecule has 34 heavy (non-hydrogen) atoms. The molecule has 0 unspecified atom stereocenters. The fraction of sp³-hybridized carbons (Fsp3) is 0.567. The molecule has 0 radical (unpaired) electrons. The highest BCUT2D eigenvalue weighted by Gasteiger charge is 2.39. The first-order valence-electron chi connectivity index (χ1n) is 12.9. The molecule has 0 aromatic heterocycles. The molecule has 0 N–H and O–H groups in total. The van der Waals surface area contributed by atoms with E-state index in [2.05, 4.69) is 57.2 Å². The Morgan fingerprint density at radius 3 is 2.35 bits per heavy atom. The van der Waals surface area contributed by atoms with Crippen molar-refractivity contribution >= 4 is 5.91 Å². The van der Waals surface area contributed by atoms with Crippen LogP contribution in [0.5, 0.6) is 5.75 Å². The van der Waals surface area contributed by atoms with E-state index >= 15 is 0 Å². The van der Waals surface area contributed by atoms with Crippen molar-refractivity contribution in [2.24, 2.45) is 5.92 Å². The van der Waals surface area contributed by atoms with Gasteiger partial charge in [-0.3, -0.25) is 4.79 Å². The van der Waals surface area contributed by atoms with E-state index in [-0.39, 0.29) is 23.5 Å². The predicted molar refractivity (Wildman–Crippen MR) is 139 cm³/mol. The lowest BCUT2D eigenvalue weighted by Crippen LogP contribution is -2.43. The zero-order valence-electron chi connectivity index (χ0n) is 22.0. The zero-order valence-corrected chi connectivity index (χ0v) is 22.0. The molecule has 4 heteroatoms. The molecule has 0 aliphatic carbocycles. The number of benzene rings is 2. The van der Waals surface area contributed by atoms with Gasteiger partial charge in [-0.2, -0.15) is 0 Å². The standard InChI is InChI=1S/C30H43NO3/c1-7-29(32)31(21-25-10-14-27(15-11-25)34-23(4)5)18-16-30(26-12-8-24(6)9-13-26)17-19-33-28(20-30)22(2)3/h8-15,22-23,28H,7,16-21H2,1-6H3/t28-,30+/m1/s1. The average molecular weight is 466 g/mol. The van der Waals surface area contributed by atoms with Gasteiger partial charge in [0, 0.05) is 31.5 Å². The Morgan fingerprint density at radius 2 is 1.76 bits per heavy atom. The van der Waals surface area contributed by atoms with Crippen molar-refractivity contribution in [1.29, 1.82) is 0 Å². The van der Waals surface area contributed by atoms with Gasteiger partial charge in [0.2, 0.25) is 5.91 Å². The van der Waals surface area contributed by atoms with Gasteiger partial charge in [0.1, 0.15) is 5.75 Å². The van der Waals surface area contributed by atoms with E-state index in [1.807, 2.05) is 37.8 Å². The summed E-state index contributed by atoms with van der Waals surface area (Å²) < 4.78 is 11.9. The molecule has 1 aliphatic rings. The van der Waals surface area contributed by atoms with Gasteiger partial charge in [0.15, 0.2) is 0 Å². The number of aryl methyl sites for hydroxylation is 1. The molecule has 3 rings (SSSR count). The van der Waals surface area contributed by atoms with Crippen molar-refractivity contribution in [3.05, 3.63) is 65.2 Å². The average Bonchev–Trinajstić information content (AvgIpc) is 2.82. The summed E-state index contributed by atoms with van der Waals surface area (Å²) in [5, 5.41) is 0. The highest BCUT2D eigenvalue weighted by Crippen LogP contribution is 2.42.